The Kier molecular flexibility index (Phi) is 4.87. The van der Waals surface area contributed by atoms with E-state index in [4.69, 9.17) is 0 Å². The minimum Gasteiger partial charge on any atom is -0.468 e. The van der Waals surface area contributed by atoms with Gasteiger partial charge >= 0.3 is 5.97 Å². The lowest BCUT2D eigenvalue weighted by Crippen LogP contribution is -2.31. The van der Waals surface area contributed by atoms with Crippen molar-refractivity contribution >= 4 is 18.0 Å². The number of likely N-dealkylation sites (N-methyl/N-ethyl adjacent to an activating group) is 1. The third-order valence-electron chi connectivity index (χ3n) is 2.07. The second-order valence-corrected chi connectivity index (χ2v) is 3.39. The predicted molar refractivity (Wildman–Crippen MR) is 62.9 cm³/mol. The van der Waals surface area contributed by atoms with Crippen molar-refractivity contribution in [2.24, 2.45) is 0 Å². The second-order valence-electron chi connectivity index (χ2n) is 3.39. The molecule has 1 heterocycles. The highest BCUT2D eigenvalue weighted by molar-refractivity contribution is 5.93. The Hall–Kier alpha value is -2.17. The summed E-state index contributed by atoms with van der Waals surface area (Å²) < 4.78 is 4.47. The molecular formula is C12H14N2O3. The maximum Gasteiger partial charge on any atom is 0.325 e. The molecule has 0 fully saturated rings. The maximum atomic E-state index is 11.6. The number of amides is 1. The van der Waals surface area contributed by atoms with Gasteiger partial charge in [0, 0.05) is 25.5 Å². The molecule has 90 valence electrons. The number of hydrogen-bond donors (Lipinski definition) is 0. The third kappa shape index (κ3) is 4.46. The first-order chi connectivity index (χ1) is 8.13. The van der Waals surface area contributed by atoms with Crippen LogP contribution in [0.15, 0.2) is 30.6 Å². The molecule has 0 N–H and O–H groups in total. The van der Waals surface area contributed by atoms with Crippen LogP contribution < -0.4 is 0 Å². The SMILES string of the molecule is COC(=O)CN(C)C(=O)/C=C/c1cccnc1. The lowest BCUT2D eigenvalue weighted by atomic mass is 10.2. The molecule has 17 heavy (non-hydrogen) atoms. The fourth-order valence-electron chi connectivity index (χ4n) is 1.11. The molecule has 1 aromatic rings. The first-order valence-corrected chi connectivity index (χ1v) is 5.03. The first kappa shape index (κ1) is 12.9. The van der Waals surface area contributed by atoms with Crippen LogP contribution in [0.25, 0.3) is 6.08 Å². The molecular weight excluding hydrogens is 220 g/mol. The standard InChI is InChI=1S/C12H14N2O3/c1-14(9-12(16)17-2)11(15)6-5-10-4-3-7-13-8-10/h3-8H,9H2,1-2H3/b6-5+. The average Bonchev–Trinajstić information content (AvgIpc) is 2.36. The minimum atomic E-state index is -0.448. The van der Waals surface area contributed by atoms with Crippen LogP contribution in [0.2, 0.25) is 0 Å². The van der Waals surface area contributed by atoms with E-state index < -0.39 is 5.97 Å². The number of nitrogens with zero attached hydrogens (tertiary/aromatic N) is 2. The number of aromatic nitrogens is 1. The molecule has 0 bridgehead atoms. The monoisotopic (exact) mass is 234 g/mol. The van der Waals surface area contributed by atoms with Crippen molar-refractivity contribution in [3.63, 3.8) is 0 Å². The Bertz CT molecular complexity index is 415. The van der Waals surface area contributed by atoms with Gasteiger partial charge in [-0.25, -0.2) is 0 Å². The minimum absolute atomic E-state index is 0.0628. The Morgan fingerprint density at radius 2 is 2.29 bits per heavy atom. The molecule has 0 aliphatic carbocycles. The highest BCUT2D eigenvalue weighted by atomic mass is 16.5. The number of methoxy groups -OCH3 is 1. The van der Waals surface area contributed by atoms with Gasteiger partial charge in [-0.15, -0.1) is 0 Å². The number of ether oxygens (including phenoxy) is 1. The number of hydrogen-bond acceptors (Lipinski definition) is 4. The Morgan fingerprint density at radius 1 is 1.53 bits per heavy atom. The number of esters is 1. The van der Waals surface area contributed by atoms with E-state index in [0.717, 1.165) is 5.56 Å². The van der Waals surface area contributed by atoms with Crippen molar-refractivity contribution in [3.8, 4) is 0 Å². The van der Waals surface area contributed by atoms with Crippen LogP contribution in [-0.2, 0) is 14.3 Å². The summed E-state index contributed by atoms with van der Waals surface area (Å²) in [5.74, 6) is -0.713. The van der Waals surface area contributed by atoms with Crippen molar-refractivity contribution in [2.75, 3.05) is 20.7 Å². The molecule has 0 aromatic carbocycles. The van der Waals surface area contributed by atoms with Gasteiger partial charge in [0.05, 0.1) is 7.11 Å². The first-order valence-electron chi connectivity index (χ1n) is 5.03. The van der Waals surface area contributed by atoms with Crippen molar-refractivity contribution in [1.82, 2.24) is 9.88 Å². The van der Waals surface area contributed by atoms with Gasteiger partial charge in [0.25, 0.3) is 0 Å². The summed E-state index contributed by atoms with van der Waals surface area (Å²) >= 11 is 0. The van der Waals surface area contributed by atoms with Crippen LogP contribution in [0.5, 0.6) is 0 Å². The molecule has 0 unspecified atom stereocenters. The van der Waals surface area contributed by atoms with Gasteiger partial charge < -0.3 is 9.64 Å². The zero-order chi connectivity index (χ0) is 12.7. The maximum absolute atomic E-state index is 11.6. The number of rotatable bonds is 4. The van der Waals surface area contributed by atoms with E-state index in [1.807, 2.05) is 6.07 Å². The van der Waals surface area contributed by atoms with Crippen LogP contribution in [0.3, 0.4) is 0 Å². The summed E-state index contributed by atoms with van der Waals surface area (Å²) in [5.41, 5.74) is 0.826. The van der Waals surface area contributed by atoms with E-state index in [2.05, 4.69) is 9.72 Å². The van der Waals surface area contributed by atoms with Gasteiger partial charge in [0.2, 0.25) is 5.91 Å². The summed E-state index contributed by atoms with van der Waals surface area (Å²) in [6.45, 7) is -0.0628. The summed E-state index contributed by atoms with van der Waals surface area (Å²) in [7, 11) is 2.82. The van der Waals surface area contributed by atoms with Gasteiger partial charge in [0.1, 0.15) is 6.54 Å². The quantitative estimate of drug-likeness (QED) is 0.569. The van der Waals surface area contributed by atoms with Crippen LogP contribution in [0, 0.1) is 0 Å². The van der Waals surface area contributed by atoms with Gasteiger partial charge in [-0.05, 0) is 17.7 Å². The predicted octanol–water partition coefficient (Wildman–Crippen LogP) is 0.726. The van der Waals surface area contributed by atoms with E-state index >= 15 is 0 Å². The summed E-state index contributed by atoms with van der Waals surface area (Å²) in [5, 5.41) is 0. The smallest absolute Gasteiger partial charge is 0.325 e. The molecule has 1 rings (SSSR count). The van der Waals surface area contributed by atoms with Crippen LogP contribution in [0.1, 0.15) is 5.56 Å². The molecule has 0 aliphatic rings. The van der Waals surface area contributed by atoms with Crippen molar-refractivity contribution in [1.29, 1.82) is 0 Å². The highest BCUT2D eigenvalue weighted by Crippen LogP contribution is 1.99. The van der Waals surface area contributed by atoms with Crippen LogP contribution in [-0.4, -0.2) is 42.5 Å². The van der Waals surface area contributed by atoms with Crippen LogP contribution >= 0.6 is 0 Å². The van der Waals surface area contributed by atoms with Crippen molar-refractivity contribution in [2.45, 2.75) is 0 Å². The molecule has 0 saturated carbocycles. The Labute approximate surface area is 99.7 Å². The highest BCUT2D eigenvalue weighted by Gasteiger charge is 2.09. The zero-order valence-electron chi connectivity index (χ0n) is 9.79. The second kappa shape index (κ2) is 6.42. The molecule has 1 amide bonds. The summed E-state index contributed by atoms with van der Waals surface area (Å²) in [6.07, 6.45) is 6.33. The van der Waals surface area contributed by atoms with E-state index in [9.17, 15) is 9.59 Å². The Morgan fingerprint density at radius 3 is 2.88 bits per heavy atom. The molecule has 1 aromatic heterocycles. The summed E-state index contributed by atoms with van der Waals surface area (Å²) in [6, 6.07) is 3.61. The third-order valence-corrected chi connectivity index (χ3v) is 2.07. The van der Waals surface area contributed by atoms with E-state index in [-0.39, 0.29) is 12.5 Å². The molecule has 5 nitrogen and oxygen atoms in total. The van der Waals surface area contributed by atoms with E-state index in [1.165, 1.54) is 25.1 Å². The zero-order valence-corrected chi connectivity index (χ0v) is 9.79. The van der Waals surface area contributed by atoms with Gasteiger partial charge in [-0.3, -0.25) is 14.6 Å². The molecule has 0 aliphatic heterocycles. The van der Waals surface area contributed by atoms with Gasteiger partial charge in [-0.1, -0.05) is 6.07 Å². The number of carbonyl (C=O) groups excluding carboxylic acids is 2. The van der Waals surface area contributed by atoms with Crippen molar-refractivity contribution < 1.29 is 14.3 Å². The average molecular weight is 234 g/mol. The fourth-order valence-corrected chi connectivity index (χ4v) is 1.11. The molecule has 5 heteroatoms. The molecule has 0 spiro atoms. The lowest BCUT2D eigenvalue weighted by Gasteiger charge is -2.12. The molecule has 0 atom stereocenters. The lowest BCUT2D eigenvalue weighted by molar-refractivity contribution is -0.144. The molecule has 0 saturated heterocycles. The van der Waals surface area contributed by atoms with E-state index in [0.29, 0.717) is 0 Å². The fraction of sp³-hybridized carbons (Fsp3) is 0.250. The van der Waals surface area contributed by atoms with Crippen LogP contribution in [0.4, 0.5) is 0 Å². The molecule has 0 radical (unpaired) electrons. The van der Waals surface area contributed by atoms with Crippen molar-refractivity contribution in [3.05, 3.63) is 36.2 Å². The number of pyridine rings is 1. The van der Waals surface area contributed by atoms with E-state index in [1.54, 1.807) is 24.5 Å². The van der Waals surface area contributed by atoms with Gasteiger partial charge in [-0.2, -0.15) is 0 Å². The van der Waals surface area contributed by atoms with Gasteiger partial charge in [0.15, 0.2) is 0 Å². The summed E-state index contributed by atoms with van der Waals surface area (Å²) in [4.78, 5) is 27.7. The Balaban J connectivity index is 2.54. The largest absolute Gasteiger partial charge is 0.468 e. The topological polar surface area (TPSA) is 59.5 Å². The normalized spacial score (nSPS) is 10.2. The number of carbonyl (C=O) groups is 2.